The molecule has 1 aromatic rings. The molecule has 3 rings (SSSR count). The second kappa shape index (κ2) is 2.46. The lowest BCUT2D eigenvalue weighted by Gasteiger charge is -2.21. The second-order valence-corrected chi connectivity index (χ2v) is 4.14. The van der Waals surface area contributed by atoms with Gasteiger partial charge in [0, 0.05) is 23.3 Å². The fourth-order valence-electron chi connectivity index (χ4n) is 2.52. The second-order valence-electron chi connectivity index (χ2n) is 4.14. The van der Waals surface area contributed by atoms with E-state index in [1.165, 1.54) is 36.4 Å². The molecular formula is C12H14N+. The summed E-state index contributed by atoms with van der Waals surface area (Å²) in [5, 5.41) is 2.84. The van der Waals surface area contributed by atoms with Gasteiger partial charge in [0.15, 0.2) is 0 Å². The Bertz CT molecular complexity index is 401. The highest BCUT2D eigenvalue weighted by Gasteiger charge is 2.30. The molecule has 1 aromatic carbocycles. The first-order valence-corrected chi connectivity index (χ1v) is 5.05. The Balaban J connectivity index is 2.22. The predicted molar refractivity (Wildman–Crippen MR) is 53.9 cm³/mol. The van der Waals surface area contributed by atoms with Crippen LogP contribution in [0.3, 0.4) is 0 Å². The summed E-state index contributed by atoms with van der Waals surface area (Å²) in [6.45, 7) is 2.60. The summed E-state index contributed by atoms with van der Waals surface area (Å²) < 4.78 is 1.11. The first kappa shape index (κ1) is 7.34. The molecule has 2 aliphatic rings. The summed E-state index contributed by atoms with van der Waals surface area (Å²) in [6, 6.07) is 8.69. The van der Waals surface area contributed by atoms with Crippen molar-refractivity contribution in [2.45, 2.75) is 12.8 Å². The molecule has 2 heterocycles. The molecule has 2 aliphatic heterocycles. The van der Waals surface area contributed by atoms with Gasteiger partial charge in [-0.05, 0) is 12.1 Å². The van der Waals surface area contributed by atoms with Gasteiger partial charge in [-0.3, -0.25) is 4.48 Å². The Kier molecular flexibility index (Phi) is 1.39. The van der Waals surface area contributed by atoms with Crippen LogP contribution in [0.1, 0.15) is 12.8 Å². The van der Waals surface area contributed by atoms with Crippen LogP contribution >= 0.6 is 0 Å². The van der Waals surface area contributed by atoms with E-state index in [2.05, 4.69) is 36.7 Å². The van der Waals surface area contributed by atoms with Crippen LogP contribution in [-0.4, -0.2) is 17.6 Å². The van der Waals surface area contributed by atoms with Crippen LogP contribution in [0.15, 0.2) is 24.3 Å². The van der Waals surface area contributed by atoms with Gasteiger partial charge < -0.3 is 0 Å². The van der Waals surface area contributed by atoms with Gasteiger partial charge in [-0.2, -0.15) is 0 Å². The molecule has 0 unspecified atom stereocenters. The van der Waals surface area contributed by atoms with Crippen molar-refractivity contribution in [3.63, 3.8) is 0 Å². The molecule has 1 nitrogen and oxygen atoms in total. The first-order valence-electron chi connectivity index (χ1n) is 5.05. The monoisotopic (exact) mass is 172 g/mol. The zero-order valence-electron chi connectivity index (χ0n) is 7.74. The first-order chi connectivity index (χ1) is 6.38. The average molecular weight is 172 g/mol. The van der Waals surface area contributed by atoms with E-state index in [1.807, 2.05) is 0 Å². The molecule has 0 aromatic heterocycles. The molecule has 1 saturated heterocycles. The fraction of sp³-hybridized carbons (Fsp3) is 0.333. The minimum absolute atomic E-state index is 1.11. The highest BCUT2D eigenvalue weighted by molar-refractivity contribution is 5.34. The van der Waals surface area contributed by atoms with E-state index >= 15 is 0 Å². The maximum absolute atomic E-state index is 2.42. The van der Waals surface area contributed by atoms with Crippen LogP contribution < -0.4 is 10.4 Å². The van der Waals surface area contributed by atoms with E-state index in [9.17, 15) is 0 Å². The Morgan fingerprint density at radius 1 is 0.846 bits per heavy atom. The minimum Gasteiger partial charge on any atom is -0.270 e. The van der Waals surface area contributed by atoms with Gasteiger partial charge >= 0.3 is 0 Å². The molecule has 1 heteroatoms. The molecule has 66 valence electrons. The van der Waals surface area contributed by atoms with E-state index in [0.717, 1.165) is 4.48 Å². The van der Waals surface area contributed by atoms with Crippen LogP contribution in [0.2, 0.25) is 0 Å². The number of rotatable bonds is 0. The van der Waals surface area contributed by atoms with Crippen LogP contribution in [0, 0.1) is 0 Å². The maximum atomic E-state index is 2.42. The third kappa shape index (κ3) is 1.04. The molecule has 0 radical (unpaired) electrons. The lowest BCUT2D eigenvalue weighted by atomic mass is 10.3. The highest BCUT2D eigenvalue weighted by Crippen LogP contribution is 2.22. The molecule has 13 heavy (non-hydrogen) atoms. The molecule has 1 spiro atoms. The standard InChI is InChI=1S/C12H14N/c1-2-6-12-10-13(7-3-4-8-13)9-11(12)5-1/h1-2,5-6,9-10H,3-4,7-8H2/q+1. The molecule has 0 bridgehead atoms. The Morgan fingerprint density at radius 3 is 1.92 bits per heavy atom. The van der Waals surface area contributed by atoms with Gasteiger partial charge in [0.1, 0.15) is 12.4 Å². The van der Waals surface area contributed by atoms with Gasteiger partial charge in [0.25, 0.3) is 0 Å². The molecule has 1 fully saturated rings. The van der Waals surface area contributed by atoms with Gasteiger partial charge in [-0.1, -0.05) is 12.1 Å². The van der Waals surface area contributed by atoms with E-state index in [-0.39, 0.29) is 0 Å². The Hall–Kier alpha value is -1.08. The lowest BCUT2D eigenvalue weighted by Crippen LogP contribution is -2.30. The summed E-state index contributed by atoms with van der Waals surface area (Å²) in [4.78, 5) is 0. The van der Waals surface area contributed by atoms with Gasteiger partial charge in [0.05, 0.1) is 13.1 Å². The molecular weight excluding hydrogens is 158 g/mol. The molecule has 0 N–H and O–H groups in total. The molecule has 0 atom stereocenters. The lowest BCUT2D eigenvalue weighted by molar-refractivity contribution is -0.754. The number of nitrogens with zero attached hydrogens (tertiary/aromatic N) is 1. The van der Waals surface area contributed by atoms with Crippen molar-refractivity contribution in [2.24, 2.45) is 0 Å². The predicted octanol–water partition coefficient (Wildman–Crippen LogP) is 0.787. The quantitative estimate of drug-likeness (QED) is 0.507. The molecule has 0 amide bonds. The highest BCUT2D eigenvalue weighted by atomic mass is 15.3. The zero-order chi connectivity index (χ0) is 8.73. The van der Waals surface area contributed by atoms with Crippen LogP contribution in [0.5, 0.6) is 0 Å². The SMILES string of the molecule is C1=c2ccccc2=C[N+]12CCCC2. The van der Waals surface area contributed by atoms with Crippen LogP contribution in [-0.2, 0) is 0 Å². The molecule has 0 saturated carbocycles. The third-order valence-electron chi connectivity index (χ3n) is 3.19. The van der Waals surface area contributed by atoms with Crippen LogP contribution in [0.4, 0.5) is 0 Å². The van der Waals surface area contributed by atoms with Crippen molar-refractivity contribution in [2.75, 3.05) is 13.1 Å². The van der Waals surface area contributed by atoms with Crippen molar-refractivity contribution in [1.29, 1.82) is 0 Å². The van der Waals surface area contributed by atoms with E-state index in [1.54, 1.807) is 0 Å². The summed E-state index contributed by atoms with van der Waals surface area (Å²) in [7, 11) is 0. The Labute approximate surface area is 78.2 Å². The number of fused-ring (bicyclic) bond motifs is 1. The zero-order valence-corrected chi connectivity index (χ0v) is 7.74. The van der Waals surface area contributed by atoms with E-state index in [0.29, 0.717) is 0 Å². The normalized spacial score (nSPS) is 22.5. The topological polar surface area (TPSA) is 0 Å². The third-order valence-corrected chi connectivity index (χ3v) is 3.19. The summed E-state index contributed by atoms with van der Waals surface area (Å²) in [5.74, 6) is 0. The van der Waals surface area contributed by atoms with Crippen molar-refractivity contribution in [3.8, 4) is 0 Å². The van der Waals surface area contributed by atoms with Gasteiger partial charge in [0.2, 0.25) is 0 Å². The number of hydrogen-bond donors (Lipinski definition) is 0. The summed E-state index contributed by atoms with van der Waals surface area (Å²) >= 11 is 0. The smallest absolute Gasteiger partial charge is 0.109 e. The van der Waals surface area contributed by atoms with Gasteiger partial charge in [-0.15, -0.1) is 0 Å². The van der Waals surface area contributed by atoms with Crippen molar-refractivity contribution in [3.05, 3.63) is 34.7 Å². The van der Waals surface area contributed by atoms with E-state index < -0.39 is 0 Å². The Morgan fingerprint density at radius 2 is 1.38 bits per heavy atom. The molecule has 0 aliphatic carbocycles. The summed E-state index contributed by atoms with van der Waals surface area (Å²) in [6.07, 6.45) is 7.59. The van der Waals surface area contributed by atoms with Crippen LogP contribution in [0.25, 0.3) is 12.4 Å². The number of quaternary nitrogens is 1. The van der Waals surface area contributed by atoms with Gasteiger partial charge in [-0.25, -0.2) is 0 Å². The average Bonchev–Trinajstić information content (AvgIpc) is 2.72. The minimum atomic E-state index is 1.11. The number of benzene rings is 1. The number of hydrogen-bond acceptors (Lipinski definition) is 0. The van der Waals surface area contributed by atoms with E-state index in [4.69, 9.17) is 0 Å². The van der Waals surface area contributed by atoms with Crippen molar-refractivity contribution < 1.29 is 4.48 Å². The van der Waals surface area contributed by atoms with Crippen molar-refractivity contribution in [1.82, 2.24) is 0 Å². The summed E-state index contributed by atoms with van der Waals surface area (Å²) in [5.41, 5.74) is 0. The van der Waals surface area contributed by atoms with Crippen molar-refractivity contribution >= 4 is 12.4 Å². The maximum Gasteiger partial charge on any atom is 0.109 e. The largest absolute Gasteiger partial charge is 0.270 e. The fourth-order valence-corrected chi connectivity index (χ4v) is 2.52.